The first-order chi connectivity index (χ1) is 9.99. The molecule has 2 rings (SSSR count). The Hall–Kier alpha value is -0.730. The molecule has 118 valence electrons. The number of rotatable bonds is 5. The Morgan fingerprint density at radius 3 is 2.52 bits per heavy atom. The number of anilines is 1. The van der Waals surface area contributed by atoms with Gasteiger partial charge in [-0.2, -0.15) is 0 Å². The highest BCUT2D eigenvalue weighted by atomic mass is 35.5. The maximum absolute atomic E-state index is 6.45. The van der Waals surface area contributed by atoms with Gasteiger partial charge in [-0.1, -0.05) is 44.9 Å². The number of piperidine rings is 1. The van der Waals surface area contributed by atoms with Gasteiger partial charge >= 0.3 is 0 Å². The molecule has 1 aliphatic heterocycles. The van der Waals surface area contributed by atoms with Crippen LogP contribution < -0.4 is 10.6 Å². The summed E-state index contributed by atoms with van der Waals surface area (Å²) in [4.78, 5) is 2.50. The van der Waals surface area contributed by atoms with Crippen molar-refractivity contribution in [1.82, 2.24) is 0 Å². The molecule has 2 nitrogen and oxygen atoms in total. The Kier molecular flexibility index (Phi) is 5.56. The van der Waals surface area contributed by atoms with Crippen LogP contribution in [0.2, 0.25) is 5.02 Å². The summed E-state index contributed by atoms with van der Waals surface area (Å²) in [6.07, 6.45) is 5.64. The van der Waals surface area contributed by atoms with Crippen LogP contribution in [0.3, 0.4) is 0 Å². The first kappa shape index (κ1) is 16.6. The number of halogens is 1. The van der Waals surface area contributed by atoms with Gasteiger partial charge in [0, 0.05) is 29.8 Å². The van der Waals surface area contributed by atoms with E-state index in [4.69, 9.17) is 17.3 Å². The van der Waals surface area contributed by atoms with Crippen molar-refractivity contribution in [3.63, 3.8) is 0 Å². The van der Waals surface area contributed by atoms with Crippen molar-refractivity contribution in [3.8, 4) is 0 Å². The van der Waals surface area contributed by atoms with E-state index >= 15 is 0 Å². The summed E-state index contributed by atoms with van der Waals surface area (Å²) >= 11 is 6.45. The molecule has 0 aromatic heterocycles. The molecule has 3 heteroatoms. The molecule has 0 spiro atoms. The number of nitrogens with zero attached hydrogens (tertiary/aromatic N) is 1. The normalized spacial score (nSPS) is 19.6. The van der Waals surface area contributed by atoms with Gasteiger partial charge in [0.05, 0.1) is 0 Å². The predicted octanol–water partition coefficient (Wildman–Crippen LogP) is 4.64. The van der Waals surface area contributed by atoms with E-state index in [-0.39, 0.29) is 6.04 Å². The molecule has 21 heavy (non-hydrogen) atoms. The zero-order chi connectivity index (χ0) is 15.5. The second-order valence-electron chi connectivity index (χ2n) is 6.76. The van der Waals surface area contributed by atoms with E-state index in [1.807, 2.05) is 6.07 Å². The van der Waals surface area contributed by atoms with Crippen LogP contribution in [-0.4, -0.2) is 19.1 Å². The lowest BCUT2D eigenvalue weighted by atomic mass is 9.78. The zero-order valence-corrected chi connectivity index (χ0v) is 14.4. The van der Waals surface area contributed by atoms with Crippen LogP contribution in [-0.2, 0) is 6.42 Å². The third kappa shape index (κ3) is 3.92. The van der Waals surface area contributed by atoms with Crippen molar-refractivity contribution in [2.24, 2.45) is 11.1 Å². The van der Waals surface area contributed by atoms with Crippen LogP contribution in [0.1, 0.15) is 52.0 Å². The van der Waals surface area contributed by atoms with Gasteiger partial charge in [0.15, 0.2) is 0 Å². The third-order valence-corrected chi connectivity index (χ3v) is 5.60. The molecule has 2 N–H and O–H groups in total. The molecule has 1 atom stereocenters. The summed E-state index contributed by atoms with van der Waals surface area (Å²) in [5.74, 6) is 0. The topological polar surface area (TPSA) is 29.3 Å². The van der Waals surface area contributed by atoms with E-state index in [9.17, 15) is 0 Å². The summed E-state index contributed by atoms with van der Waals surface area (Å²) in [7, 11) is 0. The standard InChI is InChI=1S/C18H29ClN2/c1-4-14(20)13-15-16(19)7-6-8-17(15)21-11-9-18(3,5-2)10-12-21/h6-8,14H,4-5,9-13,20H2,1-3H3. The Morgan fingerprint density at radius 2 is 1.95 bits per heavy atom. The minimum atomic E-state index is 0.189. The Morgan fingerprint density at radius 1 is 1.29 bits per heavy atom. The number of hydrogen-bond acceptors (Lipinski definition) is 2. The van der Waals surface area contributed by atoms with Crippen molar-refractivity contribution in [2.75, 3.05) is 18.0 Å². The Labute approximate surface area is 134 Å². The van der Waals surface area contributed by atoms with Gasteiger partial charge in [-0.05, 0) is 48.8 Å². The molecule has 1 heterocycles. The Bertz CT molecular complexity index is 464. The van der Waals surface area contributed by atoms with Crippen LogP contribution in [0.25, 0.3) is 0 Å². The molecule has 0 saturated carbocycles. The molecule has 0 amide bonds. The molecule has 1 aromatic carbocycles. The number of nitrogens with two attached hydrogens (primary N) is 1. The van der Waals surface area contributed by atoms with E-state index in [2.05, 4.69) is 37.8 Å². The van der Waals surface area contributed by atoms with E-state index in [1.54, 1.807) is 0 Å². The smallest absolute Gasteiger partial charge is 0.0459 e. The SMILES string of the molecule is CCC(N)Cc1c(Cl)cccc1N1CCC(C)(CC)CC1. The van der Waals surface area contributed by atoms with E-state index < -0.39 is 0 Å². The van der Waals surface area contributed by atoms with E-state index in [0.29, 0.717) is 5.41 Å². The predicted molar refractivity (Wildman–Crippen MR) is 93.3 cm³/mol. The highest BCUT2D eigenvalue weighted by Crippen LogP contribution is 2.37. The van der Waals surface area contributed by atoms with Crippen LogP contribution >= 0.6 is 11.6 Å². The van der Waals surface area contributed by atoms with Crippen LogP contribution in [0.15, 0.2) is 18.2 Å². The second-order valence-corrected chi connectivity index (χ2v) is 7.17. The van der Waals surface area contributed by atoms with Gasteiger partial charge in [-0.25, -0.2) is 0 Å². The fraction of sp³-hybridized carbons (Fsp3) is 0.667. The zero-order valence-electron chi connectivity index (χ0n) is 13.7. The quantitative estimate of drug-likeness (QED) is 0.859. The van der Waals surface area contributed by atoms with Gasteiger partial charge in [0.2, 0.25) is 0 Å². The van der Waals surface area contributed by atoms with Crippen LogP contribution in [0.5, 0.6) is 0 Å². The van der Waals surface area contributed by atoms with Gasteiger partial charge in [0.1, 0.15) is 0 Å². The molecule has 1 aliphatic rings. The van der Waals surface area contributed by atoms with Crippen molar-refractivity contribution in [2.45, 2.75) is 58.9 Å². The minimum absolute atomic E-state index is 0.189. The molecular formula is C18H29ClN2. The van der Waals surface area contributed by atoms with E-state index in [1.165, 1.54) is 30.5 Å². The van der Waals surface area contributed by atoms with Crippen LogP contribution in [0, 0.1) is 5.41 Å². The van der Waals surface area contributed by atoms with Crippen molar-refractivity contribution in [1.29, 1.82) is 0 Å². The van der Waals surface area contributed by atoms with E-state index in [0.717, 1.165) is 31.0 Å². The average Bonchev–Trinajstić information content (AvgIpc) is 2.50. The summed E-state index contributed by atoms with van der Waals surface area (Å²) in [5, 5.41) is 0.861. The maximum Gasteiger partial charge on any atom is 0.0459 e. The molecule has 0 aliphatic carbocycles. The van der Waals surface area contributed by atoms with Crippen LogP contribution in [0.4, 0.5) is 5.69 Å². The monoisotopic (exact) mass is 308 g/mol. The summed E-state index contributed by atoms with van der Waals surface area (Å²) < 4.78 is 0. The summed E-state index contributed by atoms with van der Waals surface area (Å²) in [6, 6.07) is 6.45. The molecule has 0 radical (unpaired) electrons. The molecule has 1 unspecified atom stereocenters. The van der Waals surface area contributed by atoms with Gasteiger partial charge in [-0.3, -0.25) is 0 Å². The second kappa shape index (κ2) is 7.02. The average molecular weight is 309 g/mol. The minimum Gasteiger partial charge on any atom is -0.371 e. The van der Waals surface area contributed by atoms with Gasteiger partial charge in [0.25, 0.3) is 0 Å². The Balaban J connectivity index is 2.18. The highest BCUT2D eigenvalue weighted by Gasteiger charge is 2.29. The fourth-order valence-corrected chi connectivity index (χ4v) is 3.34. The highest BCUT2D eigenvalue weighted by molar-refractivity contribution is 6.31. The number of benzene rings is 1. The maximum atomic E-state index is 6.45. The van der Waals surface area contributed by atoms with Crippen molar-refractivity contribution in [3.05, 3.63) is 28.8 Å². The van der Waals surface area contributed by atoms with Crippen molar-refractivity contribution >= 4 is 17.3 Å². The molecule has 0 bridgehead atoms. The first-order valence-electron chi connectivity index (χ1n) is 8.27. The van der Waals surface area contributed by atoms with Gasteiger partial charge < -0.3 is 10.6 Å². The fourth-order valence-electron chi connectivity index (χ4n) is 3.09. The largest absolute Gasteiger partial charge is 0.371 e. The van der Waals surface area contributed by atoms with Gasteiger partial charge in [-0.15, -0.1) is 0 Å². The lowest BCUT2D eigenvalue weighted by Crippen LogP contribution is -2.39. The lowest BCUT2D eigenvalue weighted by molar-refractivity contribution is 0.238. The molecule has 1 aromatic rings. The van der Waals surface area contributed by atoms with Crippen molar-refractivity contribution < 1.29 is 0 Å². The number of hydrogen-bond donors (Lipinski definition) is 1. The summed E-state index contributed by atoms with van der Waals surface area (Å²) in [6.45, 7) is 9.10. The summed E-state index contributed by atoms with van der Waals surface area (Å²) in [5.41, 5.74) is 9.19. The molecular weight excluding hydrogens is 280 g/mol. The third-order valence-electron chi connectivity index (χ3n) is 5.25. The first-order valence-corrected chi connectivity index (χ1v) is 8.65. The molecule has 1 saturated heterocycles. The molecule has 1 fully saturated rings. The lowest BCUT2D eigenvalue weighted by Gasteiger charge is -2.41.